The number of thiophene rings is 1. The molecule has 0 aliphatic rings. The Labute approximate surface area is 108 Å². The molecule has 5 heteroatoms. The van der Waals surface area contributed by atoms with Crippen LogP contribution in [0, 0.1) is 0 Å². The van der Waals surface area contributed by atoms with Crippen molar-refractivity contribution in [1.29, 1.82) is 0 Å². The summed E-state index contributed by atoms with van der Waals surface area (Å²) in [6.07, 6.45) is 1.77. The van der Waals surface area contributed by atoms with Crippen LogP contribution in [-0.4, -0.2) is 9.97 Å². The van der Waals surface area contributed by atoms with Crippen LogP contribution in [0.5, 0.6) is 0 Å². The molecule has 2 heterocycles. The molecule has 3 aromatic rings. The lowest BCUT2D eigenvalue weighted by atomic mass is 10.2. The monoisotopic (exact) mass is 256 g/mol. The zero-order valence-electron chi connectivity index (χ0n) is 9.58. The average Bonchev–Trinajstić information content (AvgIpc) is 2.93. The first-order chi connectivity index (χ1) is 8.88. The van der Waals surface area contributed by atoms with E-state index in [0.29, 0.717) is 0 Å². The largest absolute Gasteiger partial charge is 0.270 e. The van der Waals surface area contributed by atoms with Gasteiger partial charge >= 0.3 is 0 Å². The van der Waals surface area contributed by atoms with Crippen LogP contribution in [0.15, 0.2) is 48.0 Å². The van der Waals surface area contributed by atoms with E-state index in [9.17, 15) is 0 Å². The number of nitrogens with one attached hydrogen (secondary N) is 1. The van der Waals surface area contributed by atoms with Gasteiger partial charge in [-0.05, 0) is 23.6 Å². The topological polar surface area (TPSA) is 63.8 Å². The van der Waals surface area contributed by atoms with Crippen LogP contribution >= 0.6 is 11.3 Å². The van der Waals surface area contributed by atoms with Crippen molar-refractivity contribution in [2.24, 2.45) is 5.84 Å². The van der Waals surface area contributed by atoms with Gasteiger partial charge in [0.15, 0.2) is 0 Å². The Kier molecular flexibility index (Phi) is 3.02. The molecule has 0 saturated heterocycles. The van der Waals surface area contributed by atoms with Crippen LogP contribution in [0.1, 0.15) is 16.6 Å². The van der Waals surface area contributed by atoms with Crippen molar-refractivity contribution in [3.8, 4) is 0 Å². The quantitative estimate of drug-likeness (QED) is 0.557. The maximum absolute atomic E-state index is 5.63. The Balaban J connectivity index is 2.07. The summed E-state index contributed by atoms with van der Waals surface area (Å²) in [5.74, 6) is 5.63. The second-order valence-corrected chi connectivity index (χ2v) is 4.88. The van der Waals surface area contributed by atoms with Crippen molar-refractivity contribution in [3.05, 3.63) is 58.5 Å². The highest BCUT2D eigenvalue weighted by molar-refractivity contribution is 7.10. The molecule has 0 bridgehead atoms. The summed E-state index contributed by atoms with van der Waals surface area (Å²) in [5.41, 5.74) is 5.40. The minimum absolute atomic E-state index is 0.109. The van der Waals surface area contributed by atoms with Gasteiger partial charge in [0.25, 0.3) is 0 Å². The predicted octanol–water partition coefficient (Wildman–Crippen LogP) is 2.24. The molecule has 3 rings (SSSR count). The van der Waals surface area contributed by atoms with Gasteiger partial charge in [0.05, 0.1) is 29.0 Å². The summed E-state index contributed by atoms with van der Waals surface area (Å²) >= 11 is 1.65. The molecule has 90 valence electrons. The Morgan fingerprint density at radius 2 is 1.94 bits per heavy atom. The molecular weight excluding hydrogens is 244 g/mol. The standard InChI is InChI=1S/C13H12N4S/c14-17-13(12-6-3-7-18-12)11-8-15-9-4-1-2-5-10(9)16-11/h1-8,13,17H,14H2. The van der Waals surface area contributed by atoms with E-state index in [-0.39, 0.29) is 6.04 Å². The number of para-hydroxylation sites is 2. The third-order valence-electron chi connectivity index (χ3n) is 2.76. The van der Waals surface area contributed by atoms with E-state index in [4.69, 9.17) is 5.84 Å². The van der Waals surface area contributed by atoms with Gasteiger partial charge < -0.3 is 0 Å². The van der Waals surface area contributed by atoms with Crippen LogP contribution < -0.4 is 11.3 Å². The van der Waals surface area contributed by atoms with E-state index in [1.807, 2.05) is 41.8 Å². The van der Waals surface area contributed by atoms with Crippen molar-refractivity contribution >= 4 is 22.4 Å². The number of fused-ring (bicyclic) bond motifs is 1. The van der Waals surface area contributed by atoms with Gasteiger partial charge in [-0.3, -0.25) is 10.8 Å². The summed E-state index contributed by atoms with van der Waals surface area (Å²) in [5, 5.41) is 2.02. The van der Waals surface area contributed by atoms with E-state index in [0.717, 1.165) is 21.6 Å². The number of rotatable bonds is 3. The molecule has 1 aromatic carbocycles. The van der Waals surface area contributed by atoms with Crippen molar-refractivity contribution < 1.29 is 0 Å². The number of aromatic nitrogens is 2. The molecule has 0 aliphatic heterocycles. The average molecular weight is 256 g/mol. The van der Waals surface area contributed by atoms with Crippen molar-refractivity contribution in [2.75, 3.05) is 0 Å². The number of benzene rings is 1. The zero-order valence-corrected chi connectivity index (χ0v) is 10.4. The molecular formula is C13H12N4S. The molecule has 1 atom stereocenters. The third-order valence-corrected chi connectivity index (χ3v) is 3.69. The van der Waals surface area contributed by atoms with Gasteiger partial charge in [0.2, 0.25) is 0 Å². The van der Waals surface area contributed by atoms with E-state index in [1.165, 1.54) is 0 Å². The predicted molar refractivity (Wildman–Crippen MR) is 73.0 cm³/mol. The van der Waals surface area contributed by atoms with Crippen LogP contribution in [0.25, 0.3) is 11.0 Å². The third kappa shape index (κ3) is 1.99. The van der Waals surface area contributed by atoms with E-state index >= 15 is 0 Å². The molecule has 0 saturated carbocycles. The Bertz CT molecular complexity index is 651. The smallest absolute Gasteiger partial charge is 0.0988 e. The minimum atomic E-state index is -0.109. The lowest BCUT2D eigenvalue weighted by Crippen LogP contribution is -2.29. The fourth-order valence-electron chi connectivity index (χ4n) is 1.88. The van der Waals surface area contributed by atoms with Crippen LogP contribution in [-0.2, 0) is 0 Å². The molecule has 3 N–H and O–H groups in total. The second kappa shape index (κ2) is 4.81. The van der Waals surface area contributed by atoms with Gasteiger partial charge in [0, 0.05) is 4.88 Å². The zero-order chi connectivity index (χ0) is 12.4. The van der Waals surface area contributed by atoms with Crippen LogP contribution in [0.4, 0.5) is 0 Å². The highest BCUT2D eigenvalue weighted by Crippen LogP contribution is 2.24. The van der Waals surface area contributed by atoms with Crippen molar-refractivity contribution in [3.63, 3.8) is 0 Å². The van der Waals surface area contributed by atoms with Crippen molar-refractivity contribution in [1.82, 2.24) is 15.4 Å². The maximum atomic E-state index is 5.63. The SMILES string of the molecule is NNC(c1cnc2ccccc2n1)c1cccs1. The molecule has 1 unspecified atom stereocenters. The Morgan fingerprint density at radius 1 is 1.11 bits per heavy atom. The molecule has 4 nitrogen and oxygen atoms in total. The molecule has 18 heavy (non-hydrogen) atoms. The summed E-state index contributed by atoms with van der Waals surface area (Å²) in [7, 11) is 0. The first-order valence-electron chi connectivity index (χ1n) is 5.59. The number of nitrogens with two attached hydrogens (primary N) is 1. The summed E-state index contributed by atoms with van der Waals surface area (Å²) in [6.45, 7) is 0. The first-order valence-corrected chi connectivity index (χ1v) is 6.47. The summed E-state index contributed by atoms with van der Waals surface area (Å²) in [6, 6.07) is 11.7. The van der Waals surface area contributed by atoms with Gasteiger partial charge in [-0.15, -0.1) is 11.3 Å². The van der Waals surface area contributed by atoms with Gasteiger partial charge in [-0.2, -0.15) is 0 Å². The van der Waals surface area contributed by atoms with Gasteiger partial charge in [-0.25, -0.2) is 10.4 Å². The van der Waals surface area contributed by atoms with E-state index in [2.05, 4.69) is 15.4 Å². The first kappa shape index (κ1) is 11.3. The highest BCUT2D eigenvalue weighted by atomic mass is 32.1. The summed E-state index contributed by atoms with van der Waals surface area (Å²) in [4.78, 5) is 10.1. The summed E-state index contributed by atoms with van der Waals surface area (Å²) < 4.78 is 0. The molecule has 0 aliphatic carbocycles. The molecule has 0 amide bonds. The fraction of sp³-hybridized carbons (Fsp3) is 0.0769. The maximum Gasteiger partial charge on any atom is 0.0988 e. The fourth-order valence-corrected chi connectivity index (χ4v) is 2.68. The molecule has 0 radical (unpaired) electrons. The van der Waals surface area contributed by atoms with E-state index < -0.39 is 0 Å². The Hall–Kier alpha value is -1.82. The number of hydrogen-bond donors (Lipinski definition) is 2. The molecule has 0 spiro atoms. The number of nitrogens with zero attached hydrogens (tertiary/aromatic N) is 2. The van der Waals surface area contributed by atoms with Gasteiger partial charge in [0.1, 0.15) is 0 Å². The van der Waals surface area contributed by atoms with Gasteiger partial charge in [-0.1, -0.05) is 18.2 Å². The molecule has 2 aromatic heterocycles. The lowest BCUT2D eigenvalue weighted by molar-refractivity contribution is 0.630. The Morgan fingerprint density at radius 3 is 2.67 bits per heavy atom. The second-order valence-electron chi connectivity index (χ2n) is 3.90. The minimum Gasteiger partial charge on any atom is -0.270 e. The van der Waals surface area contributed by atoms with E-state index in [1.54, 1.807) is 17.5 Å². The highest BCUT2D eigenvalue weighted by Gasteiger charge is 2.15. The number of hydrazine groups is 1. The normalized spacial score (nSPS) is 12.7. The molecule has 0 fully saturated rings. The van der Waals surface area contributed by atoms with Crippen molar-refractivity contribution in [2.45, 2.75) is 6.04 Å². The van der Waals surface area contributed by atoms with Crippen LogP contribution in [0.2, 0.25) is 0 Å². The van der Waals surface area contributed by atoms with Crippen LogP contribution in [0.3, 0.4) is 0 Å². The lowest BCUT2D eigenvalue weighted by Gasteiger charge is -2.13. The number of hydrogen-bond acceptors (Lipinski definition) is 5.